The van der Waals surface area contributed by atoms with E-state index in [2.05, 4.69) is 23.8 Å². The summed E-state index contributed by atoms with van der Waals surface area (Å²) in [5.41, 5.74) is 0. The summed E-state index contributed by atoms with van der Waals surface area (Å²) in [6.07, 6.45) is 20.9. The molecule has 0 aliphatic rings. The number of carbonyl (C=O) groups is 2. The van der Waals surface area contributed by atoms with Gasteiger partial charge in [-0.15, -0.1) is 0 Å². The second-order valence-corrected chi connectivity index (χ2v) is 6.48. The fraction of sp³-hybridized carbons (Fsp3) is 0.810. The van der Waals surface area contributed by atoms with E-state index in [1.165, 1.54) is 57.8 Å². The molecule has 0 rings (SSSR count). The highest BCUT2D eigenvalue weighted by molar-refractivity contribution is 6.33. The molecule has 0 aromatic carbocycles. The first kappa shape index (κ1) is 22.9. The zero-order valence-corrected chi connectivity index (χ0v) is 16.0. The predicted molar refractivity (Wildman–Crippen MR) is 101 cm³/mol. The first-order chi connectivity index (χ1) is 11.7. The highest BCUT2D eigenvalue weighted by atomic mass is 16.5. The zero-order chi connectivity index (χ0) is 17.9. The number of esters is 1. The van der Waals surface area contributed by atoms with Crippen LogP contribution in [0.25, 0.3) is 0 Å². The summed E-state index contributed by atoms with van der Waals surface area (Å²) in [5, 5.41) is 0. The van der Waals surface area contributed by atoms with Crippen LogP contribution < -0.4 is 0 Å². The Kier molecular flexibility index (Phi) is 17.4. The van der Waals surface area contributed by atoms with Crippen LogP contribution in [0.15, 0.2) is 12.2 Å². The van der Waals surface area contributed by atoms with Gasteiger partial charge in [0.25, 0.3) is 0 Å². The van der Waals surface area contributed by atoms with Crippen molar-refractivity contribution in [3.8, 4) is 0 Å². The van der Waals surface area contributed by atoms with Crippen LogP contribution in [0.1, 0.15) is 104 Å². The molecule has 24 heavy (non-hydrogen) atoms. The summed E-state index contributed by atoms with van der Waals surface area (Å²) in [6.45, 7) is 4.25. The van der Waals surface area contributed by atoms with Crippen LogP contribution in [0.2, 0.25) is 0 Å². The van der Waals surface area contributed by atoms with Crippen molar-refractivity contribution < 1.29 is 14.3 Å². The molecule has 0 unspecified atom stereocenters. The Labute approximate surface area is 149 Å². The van der Waals surface area contributed by atoms with Crippen LogP contribution in [0.5, 0.6) is 0 Å². The molecule has 0 fully saturated rings. The maximum absolute atomic E-state index is 11.4. The van der Waals surface area contributed by atoms with Crippen LogP contribution in [0, 0.1) is 0 Å². The lowest BCUT2D eigenvalue weighted by atomic mass is 10.1. The quantitative estimate of drug-likeness (QED) is 0.138. The van der Waals surface area contributed by atoms with E-state index >= 15 is 0 Å². The molecular formula is C21H38O3. The maximum atomic E-state index is 11.4. The number of hydrogen-bond acceptors (Lipinski definition) is 3. The number of unbranched alkanes of at least 4 members (excludes halogenated alkanes) is 11. The third-order valence-electron chi connectivity index (χ3n) is 4.17. The first-order valence-corrected chi connectivity index (χ1v) is 10.1. The Morgan fingerprint density at radius 2 is 1.21 bits per heavy atom. The van der Waals surface area contributed by atoms with Gasteiger partial charge in [-0.05, 0) is 39.0 Å². The predicted octanol–water partition coefficient (Wildman–Crippen LogP) is 6.16. The zero-order valence-electron chi connectivity index (χ0n) is 16.0. The minimum absolute atomic E-state index is 0.275. The molecule has 3 nitrogen and oxygen atoms in total. The van der Waals surface area contributed by atoms with Gasteiger partial charge in [0.2, 0.25) is 5.78 Å². The standard InChI is InChI=1S/C21H38O3/c1-3-5-6-7-8-9-10-11-12-13-14-15-16-17-18-19-20(22)21(23)24-4-2/h11-12H,3-10,13-19H2,1-2H3/b12-11-. The minimum atomic E-state index is -0.673. The Morgan fingerprint density at radius 3 is 1.75 bits per heavy atom. The highest BCUT2D eigenvalue weighted by Gasteiger charge is 2.13. The van der Waals surface area contributed by atoms with Gasteiger partial charge in [0, 0.05) is 6.42 Å². The van der Waals surface area contributed by atoms with E-state index in [1.54, 1.807) is 6.92 Å². The monoisotopic (exact) mass is 338 g/mol. The van der Waals surface area contributed by atoms with Crippen molar-refractivity contribution in [3.63, 3.8) is 0 Å². The van der Waals surface area contributed by atoms with Gasteiger partial charge in [-0.2, -0.15) is 0 Å². The van der Waals surface area contributed by atoms with Crippen molar-refractivity contribution >= 4 is 11.8 Å². The third-order valence-corrected chi connectivity index (χ3v) is 4.17. The number of carbonyl (C=O) groups excluding carboxylic acids is 2. The molecule has 3 heteroatoms. The Hall–Kier alpha value is -1.12. The molecule has 0 heterocycles. The summed E-state index contributed by atoms with van der Waals surface area (Å²) in [5.74, 6) is -1.05. The number of allylic oxidation sites excluding steroid dienone is 2. The van der Waals surface area contributed by atoms with Crippen LogP contribution >= 0.6 is 0 Å². The molecular weight excluding hydrogens is 300 g/mol. The molecule has 0 bridgehead atoms. The second-order valence-electron chi connectivity index (χ2n) is 6.48. The SMILES string of the molecule is CCCCCCCC/C=C\CCCCCCCC(=O)C(=O)OCC. The van der Waals surface area contributed by atoms with Crippen LogP contribution in [-0.2, 0) is 14.3 Å². The normalized spacial score (nSPS) is 11.1. The third kappa shape index (κ3) is 15.8. The first-order valence-electron chi connectivity index (χ1n) is 10.1. The van der Waals surface area contributed by atoms with Crippen molar-refractivity contribution in [1.82, 2.24) is 0 Å². The lowest BCUT2D eigenvalue weighted by molar-refractivity contribution is -0.153. The average molecular weight is 339 g/mol. The number of hydrogen-bond donors (Lipinski definition) is 0. The van der Waals surface area contributed by atoms with Gasteiger partial charge in [0.15, 0.2) is 0 Å². The molecule has 0 atom stereocenters. The van der Waals surface area contributed by atoms with Gasteiger partial charge in [-0.3, -0.25) is 4.79 Å². The topological polar surface area (TPSA) is 43.4 Å². The number of Topliss-reactive ketones (excluding diaryl/α,β-unsaturated/α-hetero) is 1. The lowest BCUT2D eigenvalue weighted by Crippen LogP contribution is -2.16. The minimum Gasteiger partial charge on any atom is -0.460 e. The van der Waals surface area contributed by atoms with Crippen molar-refractivity contribution in [2.24, 2.45) is 0 Å². The fourth-order valence-electron chi connectivity index (χ4n) is 2.67. The molecule has 0 radical (unpaired) electrons. The van der Waals surface area contributed by atoms with Crippen molar-refractivity contribution in [2.45, 2.75) is 104 Å². The molecule has 0 N–H and O–H groups in total. The van der Waals surface area contributed by atoms with E-state index in [1.807, 2.05) is 0 Å². The number of rotatable bonds is 17. The molecule has 0 spiro atoms. The Morgan fingerprint density at radius 1 is 0.708 bits per heavy atom. The average Bonchev–Trinajstić information content (AvgIpc) is 2.58. The summed E-state index contributed by atoms with van der Waals surface area (Å²) in [4.78, 5) is 22.5. The summed E-state index contributed by atoms with van der Waals surface area (Å²) in [6, 6.07) is 0. The number of ketones is 1. The largest absolute Gasteiger partial charge is 0.460 e. The van der Waals surface area contributed by atoms with Gasteiger partial charge in [0.1, 0.15) is 0 Å². The van der Waals surface area contributed by atoms with Crippen molar-refractivity contribution in [2.75, 3.05) is 6.61 Å². The van der Waals surface area contributed by atoms with Gasteiger partial charge in [0.05, 0.1) is 6.61 Å². The molecule has 140 valence electrons. The van der Waals surface area contributed by atoms with Crippen LogP contribution in [0.4, 0.5) is 0 Å². The molecule has 0 saturated carbocycles. The van der Waals surface area contributed by atoms with E-state index < -0.39 is 5.97 Å². The summed E-state index contributed by atoms with van der Waals surface area (Å²) in [7, 11) is 0. The number of ether oxygens (including phenoxy) is 1. The van der Waals surface area contributed by atoms with Crippen LogP contribution in [0.3, 0.4) is 0 Å². The van der Waals surface area contributed by atoms with E-state index in [0.29, 0.717) is 6.42 Å². The highest BCUT2D eigenvalue weighted by Crippen LogP contribution is 2.10. The Balaban J connectivity index is 3.26. The molecule has 0 aliphatic carbocycles. The van der Waals surface area contributed by atoms with Crippen molar-refractivity contribution in [1.29, 1.82) is 0 Å². The molecule has 0 aromatic heterocycles. The molecule has 0 aromatic rings. The lowest BCUT2D eigenvalue weighted by Gasteiger charge is -2.01. The smallest absolute Gasteiger partial charge is 0.374 e. The fourth-order valence-corrected chi connectivity index (χ4v) is 2.67. The summed E-state index contributed by atoms with van der Waals surface area (Å²) < 4.78 is 4.68. The Bertz CT molecular complexity index is 334. The van der Waals surface area contributed by atoms with Crippen molar-refractivity contribution in [3.05, 3.63) is 12.2 Å². The van der Waals surface area contributed by atoms with E-state index in [-0.39, 0.29) is 12.4 Å². The van der Waals surface area contributed by atoms with Gasteiger partial charge in [-0.25, -0.2) is 4.79 Å². The van der Waals surface area contributed by atoms with Gasteiger partial charge < -0.3 is 4.74 Å². The maximum Gasteiger partial charge on any atom is 0.374 e. The van der Waals surface area contributed by atoms with E-state index in [9.17, 15) is 9.59 Å². The van der Waals surface area contributed by atoms with Crippen LogP contribution in [-0.4, -0.2) is 18.4 Å². The molecule has 0 amide bonds. The summed E-state index contributed by atoms with van der Waals surface area (Å²) >= 11 is 0. The van der Waals surface area contributed by atoms with E-state index in [4.69, 9.17) is 0 Å². The molecule has 0 aliphatic heterocycles. The van der Waals surface area contributed by atoms with Gasteiger partial charge >= 0.3 is 5.97 Å². The second kappa shape index (κ2) is 18.2. The van der Waals surface area contributed by atoms with E-state index in [0.717, 1.165) is 25.7 Å². The van der Waals surface area contributed by atoms with Gasteiger partial charge in [-0.1, -0.05) is 70.4 Å². The molecule has 0 saturated heterocycles.